The molecule has 6 rings (SSSR count). The van der Waals surface area contributed by atoms with E-state index in [1.54, 1.807) is 0 Å². The van der Waals surface area contributed by atoms with Crippen LogP contribution in [-0.2, 0) is 0 Å². The molecule has 4 N–H and O–H groups in total. The number of aromatic nitrogens is 6. The summed E-state index contributed by atoms with van der Waals surface area (Å²) < 4.78 is 0. The van der Waals surface area contributed by atoms with Gasteiger partial charge in [-0.1, -0.05) is 60.7 Å². The second-order valence-electron chi connectivity index (χ2n) is 10.8. The predicted octanol–water partition coefficient (Wildman–Crippen LogP) is 8.44. The lowest BCUT2D eigenvalue weighted by atomic mass is 10.0. The van der Waals surface area contributed by atoms with Gasteiger partial charge in [0.25, 0.3) is 0 Å². The fourth-order valence-electron chi connectivity index (χ4n) is 4.81. The fourth-order valence-corrected chi connectivity index (χ4v) is 4.81. The van der Waals surface area contributed by atoms with Gasteiger partial charge < -0.3 is 21.3 Å². The minimum absolute atomic E-state index is 0.481. The van der Waals surface area contributed by atoms with Gasteiger partial charge in [0, 0.05) is 22.7 Å². The molecule has 0 aliphatic heterocycles. The van der Waals surface area contributed by atoms with Crippen molar-refractivity contribution < 1.29 is 0 Å². The van der Waals surface area contributed by atoms with Crippen LogP contribution in [-0.4, -0.2) is 29.9 Å². The molecule has 4 aromatic carbocycles. The standard InChI is InChI=1S/C36H34N10/c1-23-21-31(43-35-39-25(3)37-33(45-35)41-29-11-7-5-8-12-29)19-17-27(23)15-16-28-18-20-32(22-24(28)2)44-36-40-26(4)38-34(46-36)42-30-13-9-6-10-14-30/h5-22H,1-4H3,(H2,37,39,41,43,45)(H2,38,40,42,44,46)/b16-15+. The first-order valence-corrected chi connectivity index (χ1v) is 14.9. The Balaban J connectivity index is 1.11. The second-order valence-corrected chi connectivity index (χ2v) is 10.8. The van der Waals surface area contributed by atoms with Crippen LogP contribution in [0.3, 0.4) is 0 Å². The van der Waals surface area contributed by atoms with E-state index in [0.717, 1.165) is 45.0 Å². The first-order chi connectivity index (χ1) is 22.4. The molecule has 2 aromatic heterocycles. The van der Waals surface area contributed by atoms with Crippen LogP contribution >= 0.6 is 0 Å². The van der Waals surface area contributed by atoms with Crippen molar-refractivity contribution in [2.24, 2.45) is 0 Å². The Hall–Kier alpha value is -6.16. The van der Waals surface area contributed by atoms with Crippen molar-refractivity contribution in [1.29, 1.82) is 0 Å². The molecule has 2 heterocycles. The van der Waals surface area contributed by atoms with Crippen molar-refractivity contribution in [3.8, 4) is 0 Å². The Bertz CT molecular complexity index is 1850. The number of anilines is 8. The average Bonchev–Trinajstić information content (AvgIpc) is 3.02. The fraction of sp³-hybridized carbons (Fsp3) is 0.111. The highest BCUT2D eigenvalue weighted by Crippen LogP contribution is 2.24. The van der Waals surface area contributed by atoms with E-state index in [0.29, 0.717) is 35.4 Å². The summed E-state index contributed by atoms with van der Waals surface area (Å²) in [6.07, 6.45) is 4.25. The Kier molecular flexibility index (Phi) is 8.87. The lowest BCUT2D eigenvalue weighted by Gasteiger charge is -2.11. The number of nitrogens with zero attached hydrogens (tertiary/aromatic N) is 6. The molecule has 0 unspecified atom stereocenters. The summed E-state index contributed by atoms with van der Waals surface area (Å²) in [6.45, 7) is 7.87. The second kappa shape index (κ2) is 13.6. The molecule has 228 valence electrons. The Morgan fingerprint density at radius 3 is 1.09 bits per heavy atom. The van der Waals surface area contributed by atoms with Crippen LogP contribution in [0.1, 0.15) is 33.9 Å². The minimum atomic E-state index is 0.481. The highest BCUT2D eigenvalue weighted by atomic mass is 15.2. The van der Waals surface area contributed by atoms with Gasteiger partial charge in [0.2, 0.25) is 23.8 Å². The summed E-state index contributed by atoms with van der Waals surface area (Å²) in [5, 5.41) is 13.1. The molecule has 10 nitrogen and oxygen atoms in total. The maximum Gasteiger partial charge on any atom is 0.232 e. The molecular formula is C36H34N10. The molecule has 0 aliphatic rings. The number of hydrogen-bond donors (Lipinski definition) is 4. The van der Waals surface area contributed by atoms with Crippen molar-refractivity contribution in [3.05, 3.63) is 131 Å². The van der Waals surface area contributed by atoms with E-state index >= 15 is 0 Å². The van der Waals surface area contributed by atoms with Crippen LogP contribution in [0, 0.1) is 27.7 Å². The Labute approximate surface area is 268 Å². The number of nitrogens with one attached hydrogen (secondary N) is 4. The van der Waals surface area contributed by atoms with Crippen molar-refractivity contribution in [1.82, 2.24) is 29.9 Å². The topological polar surface area (TPSA) is 125 Å². The molecule has 0 aliphatic carbocycles. The molecule has 0 bridgehead atoms. The van der Waals surface area contributed by atoms with Gasteiger partial charge in [0.15, 0.2) is 0 Å². The largest absolute Gasteiger partial charge is 0.324 e. The van der Waals surface area contributed by atoms with E-state index in [2.05, 4.69) is 101 Å². The number of aryl methyl sites for hydroxylation is 4. The molecule has 10 heteroatoms. The van der Waals surface area contributed by atoms with Gasteiger partial charge in [-0.2, -0.15) is 29.9 Å². The quantitative estimate of drug-likeness (QED) is 0.113. The number of rotatable bonds is 10. The molecule has 0 amide bonds. The van der Waals surface area contributed by atoms with E-state index in [9.17, 15) is 0 Å². The third-order valence-electron chi connectivity index (χ3n) is 7.05. The molecule has 0 atom stereocenters. The van der Waals surface area contributed by atoms with Gasteiger partial charge >= 0.3 is 0 Å². The van der Waals surface area contributed by atoms with E-state index in [1.165, 1.54) is 0 Å². The van der Waals surface area contributed by atoms with E-state index in [4.69, 9.17) is 0 Å². The molecule has 0 saturated carbocycles. The normalized spacial score (nSPS) is 11.0. The molecule has 0 radical (unpaired) electrons. The molecule has 0 fully saturated rings. The maximum absolute atomic E-state index is 4.54. The highest BCUT2D eigenvalue weighted by molar-refractivity contribution is 5.75. The first-order valence-electron chi connectivity index (χ1n) is 14.9. The zero-order valence-corrected chi connectivity index (χ0v) is 26.1. The van der Waals surface area contributed by atoms with E-state index < -0.39 is 0 Å². The lowest BCUT2D eigenvalue weighted by molar-refractivity contribution is 0.988. The Morgan fingerprint density at radius 2 is 0.739 bits per heavy atom. The summed E-state index contributed by atoms with van der Waals surface area (Å²) in [4.78, 5) is 26.8. The summed E-state index contributed by atoms with van der Waals surface area (Å²) in [6, 6.07) is 32.0. The van der Waals surface area contributed by atoms with E-state index in [1.807, 2.05) is 86.6 Å². The molecular weight excluding hydrogens is 572 g/mol. The number of para-hydroxylation sites is 2. The zero-order chi connectivity index (χ0) is 31.9. The minimum Gasteiger partial charge on any atom is -0.324 e. The summed E-state index contributed by atoms with van der Waals surface area (Å²) in [5.41, 5.74) is 8.09. The van der Waals surface area contributed by atoms with Crippen molar-refractivity contribution in [2.45, 2.75) is 27.7 Å². The zero-order valence-electron chi connectivity index (χ0n) is 26.1. The SMILES string of the molecule is Cc1nc(Nc2ccccc2)nc(Nc2ccc(/C=C/c3ccc(Nc4nc(C)nc(Nc5ccccc5)n4)cc3C)c(C)c2)n1. The molecule has 0 saturated heterocycles. The van der Waals surface area contributed by atoms with Gasteiger partial charge in [-0.25, -0.2) is 0 Å². The van der Waals surface area contributed by atoms with Crippen LogP contribution in [0.25, 0.3) is 12.2 Å². The summed E-state index contributed by atoms with van der Waals surface area (Å²) in [5.74, 6) is 3.18. The first kappa shape index (κ1) is 29.9. The van der Waals surface area contributed by atoms with Crippen molar-refractivity contribution >= 4 is 58.7 Å². The van der Waals surface area contributed by atoms with Crippen molar-refractivity contribution in [2.75, 3.05) is 21.3 Å². The summed E-state index contributed by atoms with van der Waals surface area (Å²) in [7, 11) is 0. The van der Waals surface area contributed by atoms with Crippen LogP contribution in [0.15, 0.2) is 97.1 Å². The number of benzene rings is 4. The van der Waals surface area contributed by atoms with Crippen LogP contribution in [0.2, 0.25) is 0 Å². The third-order valence-corrected chi connectivity index (χ3v) is 7.05. The van der Waals surface area contributed by atoms with Gasteiger partial charge in [0.05, 0.1) is 0 Å². The van der Waals surface area contributed by atoms with Crippen LogP contribution in [0.4, 0.5) is 46.5 Å². The lowest BCUT2D eigenvalue weighted by Crippen LogP contribution is -2.05. The molecule has 6 aromatic rings. The van der Waals surface area contributed by atoms with Gasteiger partial charge in [0.1, 0.15) is 11.6 Å². The summed E-state index contributed by atoms with van der Waals surface area (Å²) >= 11 is 0. The average molecular weight is 607 g/mol. The smallest absolute Gasteiger partial charge is 0.232 e. The monoisotopic (exact) mass is 606 g/mol. The third kappa shape index (κ3) is 7.86. The van der Waals surface area contributed by atoms with Gasteiger partial charge in [-0.05, 0) is 98.5 Å². The molecule has 0 spiro atoms. The van der Waals surface area contributed by atoms with Gasteiger partial charge in [-0.3, -0.25) is 0 Å². The van der Waals surface area contributed by atoms with Crippen LogP contribution in [0.5, 0.6) is 0 Å². The molecule has 46 heavy (non-hydrogen) atoms. The van der Waals surface area contributed by atoms with Gasteiger partial charge in [-0.15, -0.1) is 0 Å². The van der Waals surface area contributed by atoms with Crippen LogP contribution < -0.4 is 21.3 Å². The van der Waals surface area contributed by atoms with Crippen molar-refractivity contribution in [3.63, 3.8) is 0 Å². The highest BCUT2D eigenvalue weighted by Gasteiger charge is 2.08. The number of hydrogen-bond acceptors (Lipinski definition) is 10. The Morgan fingerprint density at radius 1 is 0.391 bits per heavy atom. The van der Waals surface area contributed by atoms with E-state index in [-0.39, 0.29) is 0 Å². The maximum atomic E-state index is 4.54. The predicted molar refractivity (Wildman–Crippen MR) is 186 cm³/mol.